The van der Waals surface area contributed by atoms with Crippen molar-refractivity contribution >= 4 is 5.96 Å². The van der Waals surface area contributed by atoms with Crippen molar-refractivity contribution in [3.63, 3.8) is 0 Å². The summed E-state index contributed by atoms with van der Waals surface area (Å²) in [5.74, 6) is 1.31. The SMILES string of the molecule is CN=C(NCc1cc(OC)ccc1OC(F)F)NCC1(N2CCCC2)CCOCC1. The zero-order valence-corrected chi connectivity index (χ0v) is 17.8. The number of nitrogens with zero attached hydrogens (tertiary/aromatic N) is 2. The van der Waals surface area contributed by atoms with Crippen molar-refractivity contribution in [1.82, 2.24) is 15.5 Å². The zero-order valence-electron chi connectivity index (χ0n) is 17.8. The topological polar surface area (TPSA) is 67.4 Å². The quantitative estimate of drug-likeness (QED) is 0.492. The Morgan fingerprint density at radius 1 is 1.23 bits per heavy atom. The molecule has 0 aromatic heterocycles. The smallest absolute Gasteiger partial charge is 0.387 e. The Hall–Kier alpha value is -2.13. The molecule has 2 fully saturated rings. The zero-order chi connectivity index (χ0) is 21.4. The highest BCUT2D eigenvalue weighted by Crippen LogP contribution is 2.31. The van der Waals surface area contributed by atoms with E-state index in [2.05, 4.69) is 25.3 Å². The molecule has 30 heavy (non-hydrogen) atoms. The van der Waals surface area contributed by atoms with Crippen LogP contribution in [-0.4, -0.2) is 70.0 Å². The van der Waals surface area contributed by atoms with Gasteiger partial charge in [-0.25, -0.2) is 0 Å². The molecule has 2 aliphatic heterocycles. The van der Waals surface area contributed by atoms with Crippen LogP contribution in [0.5, 0.6) is 11.5 Å². The van der Waals surface area contributed by atoms with Gasteiger partial charge in [-0.15, -0.1) is 0 Å². The molecule has 168 valence electrons. The van der Waals surface area contributed by atoms with E-state index in [1.807, 2.05) is 0 Å². The Kier molecular flexibility index (Phi) is 8.09. The Labute approximate surface area is 176 Å². The van der Waals surface area contributed by atoms with E-state index in [0.717, 1.165) is 45.7 Å². The lowest BCUT2D eigenvalue weighted by atomic mass is 9.88. The molecule has 0 atom stereocenters. The van der Waals surface area contributed by atoms with Gasteiger partial charge in [-0.1, -0.05) is 0 Å². The van der Waals surface area contributed by atoms with Crippen LogP contribution in [0.1, 0.15) is 31.2 Å². The summed E-state index contributed by atoms with van der Waals surface area (Å²) in [5.41, 5.74) is 0.629. The third-order valence-corrected chi connectivity index (χ3v) is 5.94. The van der Waals surface area contributed by atoms with Gasteiger partial charge < -0.3 is 24.8 Å². The van der Waals surface area contributed by atoms with Crippen LogP contribution in [-0.2, 0) is 11.3 Å². The maximum atomic E-state index is 12.7. The van der Waals surface area contributed by atoms with E-state index < -0.39 is 6.61 Å². The summed E-state index contributed by atoms with van der Waals surface area (Å²) in [7, 11) is 3.23. The van der Waals surface area contributed by atoms with E-state index >= 15 is 0 Å². The average Bonchev–Trinajstić information content (AvgIpc) is 3.31. The van der Waals surface area contributed by atoms with Crippen LogP contribution in [0.15, 0.2) is 23.2 Å². The van der Waals surface area contributed by atoms with Crippen molar-refractivity contribution in [3.8, 4) is 11.5 Å². The molecule has 0 amide bonds. The molecule has 1 aromatic rings. The first kappa shape index (κ1) is 22.6. The van der Waals surface area contributed by atoms with Crippen LogP contribution < -0.4 is 20.1 Å². The van der Waals surface area contributed by atoms with Crippen molar-refractivity contribution in [3.05, 3.63) is 23.8 Å². The standard InChI is InChI=1S/C21H32F2N4O3/c1-24-20(25-14-16-13-17(28-2)5-6-18(16)30-19(22)23)26-15-21(7-11-29-12-8-21)27-9-3-4-10-27/h5-6,13,19H,3-4,7-12,14-15H2,1-2H3,(H2,24,25,26). The molecule has 2 aliphatic rings. The second-order valence-electron chi connectivity index (χ2n) is 7.66. The summed E-state index contributed by atoms with van der Waals surface area (Å²) in [6.07, 6.45) is 4.44. The van der Waals surface area contributed by atoms with Crippen molar-refractivity contribution in [2.75, 3.05) is 47.0 Å². The van der Waals surface area contributed by atoms with Gasteiger partial charge >= 0.3 is 6.61 Å². The summed E-state index contributed by atoms with van der Waals surface area (Å²) in [5, 5.41) is 6.64. The number of likely N-dealkylation sites (tertiary alicyclic amines) is 1. The minimum absolute atomic E-state index is 0.0618. The lowest BCUT2D eigenvalue weighted by Crippen LogP contribution is -2.58. The number of hydrogen-bond acceptors (Lipinski definition) is 5. The number of nitrogens with one attached hydrogen (secondary N) is 2. The number of methoxy groups -OCH3 is 1. The van der Waals surface area contributed by atoms with Crippen LogP contribution in [0.25, 0.3) is 0 Å². The number of benzene rings is 1. The van der Waals surface area contributed by atoms with Gasteiger partial charge in [0.25, 0.3) is 0 Å². The summed E-state index contributed by atoms with van der Waals surface area (Å²) in [4.78, 5) is 6.88. The van der Waals surface area contributed by atoms with E-state index in [0.29, 0.717) is 17.3 Å². The summed E-state index contributed by atoms with van der Waals surface area (Å²) in [6.45, 7) is 1.92. The predicted molar refractivity (Wildman–Crippen MR) is 111 cm³/mol. The second-order valence-corrected chi connectivity index (χ2v) is 7.66. The summed E-state index contributed by atoms with van der Waals surface area (Å²) >= 11 is 0. The first-order chi connectivity index (χ1) is 14.6. The van der Waals surface area contributed by atoms with Crippen molar-refractivity contribution < 1.29 is 23.0 Å². The fourth-order valence-electron chi connectivity index (χ4n) is 4.23. The molecule has 2 N–H and O–H groups in total. The van der Waals surface area contributed by atoms with Gasteiger partial charge in [0.05, 0.1) is 7.11 Å². The van der Waals surface area contributed by atoms with Crippen LogP contribution in [0.3, 0.4) is 0 Å². The van der Waals surface area contributed by atoms with Crippen molar-refractivity contribution in [2.24, 2.45) is 4.99 Å². The van der Waals surface area contributed by atoms with E-state index in [9.17, 15) is 8.78 Å². The molecule has 0 radical (unpaired) electrons. The third kappa shape index (κ3) is 5.72. The number of aliphatic imine (C=N–C) groups is 1. The highest BCUT2D eigenvalue weighted by atomic mass is 19.3. The fourth-order valence-corrected chi connectivity index (χ4v) is 4.23. The van der Waals surface area contributed by atoms with E-state index in [-0.39, 0.29) is 17.8 Å². The van der Waals surface area contributed by atoms with Gasteiger partial charge in [-0.3, -0.25) is 9.89 Å². The Balaban J connectivity index is 1.63. The Morgan fingerprint density at radius 2 is 1.97 bits per heavy atom. The molecule has 0 aliphatic carbocycles. The third-order valence-electron chi connectivity index (χ3n) is 5.94. The number of rotatable bonds is 8. The molecule has 3 rings (SSSR count). The average molecular weight is 427 g/mol. The molecule has 2 saturated heterocycles. The number of ether oxygens (including phenoxy) is 3. The van der Waals surface area contributed by atoms with Crippen LogP contribution in [0.2, 0.25) is 0 Å². The van der Waals surface area contributed by atoms with E-state index in [1.165, 1.54) is 26.0 Å². The molecule has 7 nitrogen and oxygen atoms in total. The van der Waals surface area contributed by atoms with Gasteiger partial charge in [-0.2, -0.15) is 8.78 Å². The molecular formula is C21H32F2N4O3. The maximum Gasteiger partial charge on any atom is 0.387 e. The number of halogens is 2. The molecular weight excluding hydrogens is 394 g/mol. The molecule has 1 aromatic carbocycles. The van der Waals surface area contributed by atoms with Gasteiger partial charge in [0.1, 0.15) is 11.5 Å². The van der Waals surface area contributed by atoms with Crippen LogP contribution in [0, 0.1) is 0 Å². The van der Waals surface area contributed by atoms with Crippen molar-refractivity contribution in [1.29, 1.82) is 0 Å². The molecule has 0 saturated carbocycles. The van der Waals surface area contributed by atoms with E-state index in [4.69, 9.17) is 9.47 Å². The van der Waals surface area contributed by atoms with Gasteiger partial charge in [-0.05, 0) is 57.0 Å². The normalized spacial score (nSPS) is 19.7. The number of guanidine groups is 1. The number of hydrogen-bond donors (Lipinski definition) is 2. The molecule has 2 heterocycles. The second kappa shape index (κ2) is 10.8. The lowest BCUT2D eigenvalue weighted by Gasteiger charge is -2.45. The molecule has 0 unspecified atom stereocenters. The first-order valence-electron chi connectivity index (χ1n) is 10.5. The van der Waals surface area contributed by atoms with Gasteiger partial charge in [0.15, 0.2) is 5.96 Å². The monoisotopic (exact) mass is 426 g/mol. The van der Waals surface area contributed by atoms with Gasteiger partial charge in [0.2, 0.25) is 0 Å². The van der Waals surface area contributed by atoms with Crippen LogP contribution >= 0.6 is 0 Å². The van der Waals surface area contributed by atoms with Gasteiger partial charge in [0, 0.05) is 44.5 Å². The molecule has 9 heteroatoms. The first-order valence-corrected chi connectivity index (χ1v) is 10.5. The predicted octanol–water partition coefficient (Wildman–Crippen LogP) is 2.61. The lowest BCUT2D eigenvalue weighted by molar-refractivity contribution is -0.0505. The minimum atomic E-state index is -2.89. The number of alkyl halides is 2. The minimum Gasteiger partial charge on any atom is -0.497 e. The summed E-state index contributed by atoms with van der Waals surface area (Å²) < 4.78 is 40.9. The maximum absolute atomic E-state index is 12.7. The van der Waals surface area contributed by atoms with E-state index in [1.54, 1.807) is 19.2 Å². The summed E-state index contributed by atoms with van der Waals surface area (Å²) in [6, 6.07) is 4.77. The highest BCUT2D eigenvalue weighted by molar-refractivity contribution is 5.79. The fraction of sp³-hybridized carbons (Fsp3) is 0.667. The Morgan fingerprint density at radius 3 is 2.60 bits per heavy atom. The molecule has 0 spiro atoms. The largest absolute Gasteiger partial charge is 0.497 e. The van der Waals surface area contributed by atoms with Crippen LogP contribution in [0.4, 0.5) is 8.78 Å². The molecule has 0 bridgehead atoms. The highest BCUT2D eigenvalue weighted by Gasteiger charge is 2.39. The van der Waals surface area contributed by atoms with Crippen molar-refractivity contribution in [2.45, 2.75) is 44.4 Å². The Bertz CT molecular complexity index is 705.